The summed E-state index contributed by atoms with van der Waals surface area (Å²) in [7, 11) is 1.61. The molecule has 2 aromatic carbocycles. The normalized spacial score (nSPS) is 11.0. The molecule has 0 radical (unpaired) electrons. The Kier molecular flexibility index (Phi) is 6.03. The lowest BCUT2D eigenvalue weighted by molar-refractivity contribution is -0.118. The number of hydrogen-bond acceptors (Lipinski definition) is 6. The van der Waals surface area contributed by atoms with Crippen molar-refractivity contribution in [1.82, 2.24) is 24.5 Å². The molecule has 0 unspecified atom stereocenters. The molecule has 1 amide bonds. The first-order chi connectivity index (χ1) is 15.1. The molecule has 4 rings (SSSR count). The molecule has 158 valence electrons. The first-order valence-corrected chi connectivity index (χ1v) is 10.6. The molecule has 0 saturated heterocycles. The second-order valence-electron chi connectivity index (χ2n) is 6.76. The molecule has 0 fully saturated rings. The third kappa shape index (κ3) is 4.17. The van der Waals surface area contributed by atoms with Gasteiger partial charge in [-0.15, -0.1) is 16.8 Å². The maximum atomic E-state index is 12.8. The third-order valence-corrected chi connectivity index (χ3v) is 5.68. The maximum Gasteiger partial charge on any atom is 0.263 e. The van der Waals surface area contributed by atoms with Gasteiger partial charge in [-0.1, -0.05) is 42.1 Å². The molecule has 0 spiro atoms. The first kappa shape index (κ1) is 20.7. The van der Waals surface area contributed by atoms with Crippen LogP contribution in [0, 0.1) is 0 Å². The second-order valence-corrected chi connectivity index (χ2v) is 7.70. The molecule has 0 saturated carbocycles. The lowest BCUT2D eigenvalue weighted by atomic mass is 10.2. The van der Waals surface area contributed by atoms with E-state index in [1.807, 2.05) is 42.5 Å². The smallest absolute Gasteiger partial charge is 0.263 e. The van der Waals surface area contributed by atoms with E-state index >= 15 is 0 Å². The highest BCUT2D eigenvalue weighted by atomic mass is 32.2. The van der Waals surface area contributed by atoms with Gasteiger partial charge >= 0.3 is 0 Å². The molecular formula is C22H21N5O3S. The van der Waals surface area contributed by atoms with E-state index < -0.39 is 0 Å². The minimum atomic E-state index is -0.150. The van der Waals surface area contributed by atoms with Gasteiger partial charge in [-0.25, -0.2) is 0 Å². The van der Waals surface area contributed by atoms with Crippen LogP contribution in [0.5, 0.6) is 5.75 Å². The van der Waals surface area contributed by atoms with Gasteiger partial charge in [0.05, 0.1) is 23.8 Å². The maximum absolute atomic E-state index is 12.8. The number of aromatic nitrogens is 4. The van der Waals surface area contributed by atoms with Crippen molar-refractivity contribution in [3.63, 3.8) is 0 Å². The summed E-state index contributed by atoms with van der Waals surface area (Å²) in [5.74, 6) is 1.20. The summed E-state index contributed by atoms with van der Waals surface area (Å²) in [5.41, 5.74) is 1.50. The molecule has 0 aliphatic heterocycles. The van der Waals surface area contributed by atoms with E-state index in [1.165, 1.54) is 16.3 Å². The number of thioether (sulfide) groups is 1. The molecule has 8 nitrogen and oxygen atoms in total. The van der Waals surface area contributed by atoms with Gasteiger partial charge in [-0.2, -0.15) is 0 Å². The van der Waals surface area contributed by atoms with Crippen LogP contribution in [0.25, 0.3) is 16.7 Å². The molecule has 0 bridgehead atoms. The standard InChI is InChI=1S/C22H21N5O3S/c1-3-11-26-20(29)17-9-4-5-10-18(17)27-21(26)24-25-22(27)31-14-19(28)23-13-15-7-6-8-16(12-15)30-2/h3-10,12H,1,11,13-14H2,2H3,(H,23,28). The highest BCUT2D eigenvalue weighted by Crippen LogP contribution is 2.21. The van der Waals surface area contributed by atoms with Gasteiger partial charge in [0.25, 0.3) is 5.56 Å². The number of carbonyl (C=O) groups excluding carboxylic acids is 1. The third-order valence-electron chi connectivity index (χ3n) is 4.75. The van der Waals surface area contributed by atoms with E-state index in [9.17, 15) is 9.59 Å². The zero-order valence-electron chi connectivity index (χ0n) is 16.9. The van der Waals surface area contributed by atoms with Crippen LogP contribution in [0.1, 0.15) is 5.56 Å². The predicted molar refractivity (Wildman–Crippen MR) is 121 cm³/mol. The molecule has 4 aromatic rings. The number of methoxy groups -OCH3 is 1. The van der Waals surface area contributed by atoms with Crippen molar-refractivity contribution in [3.05, 3.63) is 77.1 Å². The fourth-order valence-corrected chi connectivity index (χ4v) is 4.05. The lowest BCUT2D eigenvalue weighted by Crippen LogP contribution is -2.25. The molecule has 2 aromatic heterocycles. The van der Waals surface area contributed by atoms with E-state index in [1.54, 1.807) is 23.7 Å². The average Bonchev–Trinajstić information content (AvgIpc) is 3.23. The number of nitrogens with zero attached hydrogens (tertiary/aromatic N) is 4. The van der Waals surface area contributed by atoms with E-state index in [-0.39, 0.29) is 17.2 Å². The zero-order valence-corrected chi connectivity index (χ0v) is 17.8. The number of ether oxygens (including phenoxy) is 1. The number of nitrogens with one attached hydrogen (secondary N) is 1. The molecule has 0 aliphatic carbocycles. The highest BCUT2D eigenvalue weighted by molar-refractivity contribution is 7.99. The first-order valence-electron chi connectivity index (χ1n) is 9.62. The van der Waals surface area contributed by atoms with Gasteiger partial charge in [0, 0.05) is 13.1 Å². The Labute approximate surface area is 182 Å². The number of benzene rings is 2. The molecule has 31 heavy (non-hydrogen) atoms. The van der Waals surface area contributed by atoms with Crippen molar-refractivity contribution in [3.8, 4) is 5.75 Å². The van der Waals surface area contributed by atoms with Gasteiger partial charge < -0.3 is 10.1 Å². The number of rotatable bonds is 8. The summed E-state index contributed by atoms with van der Waals surface area (Å²) >= 11 is 1.27. The Morgan fingerprint density at radius 3 is 2.87 bits per heavy atom. The Bertz CT molecular complexity index is 1330. The van der Waals surface area contributed by atoms with Crippen LogP contribution in [0.3, 0.4) is 0 Å². The van der Waals surface area contributed by atoms with Crippen LogP contribution < -0.4 is 15.6 Å². The van der Waals surface area contributed by atoms with Crippen LogP contribution in [0.2, 0.25) is 0 Å². The van der Waals surface area contributed by atoms with Crippen LogP contribution in [-0.2, 0) is 17.9 Å². The van der Waals surface area contributed by atoms with Crippen molar-refractivity contribution < 1.29 is 9.53 Å². The van der Waals surface area contributed by atoms with Crippen molar-refractivity contribution in [2.45, 2.75) is 18.2 Å². The fraction of sp³-hybridized carbons (Fsp3) is 0.182. The second kappa shape index (κ2) is 9.05. The molecular weight excluding hydrogens is 414 g/mol. The fourth-order valence-electron chi connectivity index (χ4n) is 3.28. The van der Waals surface area contributed by atoms with Gasteiger partial charge in [0.15, 0.2) is 5.16 Å². The van der Waals surface area contributed by atoms with Crippen LogP contribution in [0.15, 0.2) is 71.1 Å². The number of fused-ring (bicyclic) bond motifs is 3. The van der Waals surface area contributed by atoms with Gasteiger partial charge in [0.1, 0.15) is 5.75 Å². The molecule has 9 heteroatoms. The summed E-state index contributed by atoms with van der Waals surface area (Å²) in [6.45, 7) is 4.44. The quantitative estimate of drug-likeness (QED) is 0.338. The molecule has 0 atom stereocenters. The van der Waals surface area contributed by atoms with Crippen LogP contribution >= 0.6 is 11.8 Å². The van der Waals surface area contributed by atoms with Gasteiger partial charge in [-0.05, 0) is 29.8 Å². The number of para-hydroxylation sites is 1. The largest absolute Gasteiger partial charge is 0.497 e. The van der Waals surface area contributed by atoms with Crippen molar-refractivity contribution >= 4 is 34.3 Å². The summed E-state index contributed by atoms with van der Waals surface area (Å²) in [4.78, 5) is 25.2. The van der Waals surface area contributed by atoms with Gasteiger partial charge in [-0.3, -0.25) is 18.6 Å². The Morgan fingerprint density at radius 2 is 2.06 bits per heavy atom. The average molecular weight is 436 g/mol. The summed E-state index contributed by atoms with van der Waals surface area (Å²) in [6, 6.07) is 14.8. The monoisotopic (exact) mass is 435 g/mol. The Balaban J connectivity index is 1.55. The van der Waals surface area contributed by atoms with Crippen LogP contribution in [0.4, 0.5) is 0 Å². The van der Waals surface area contributed by atoms with Crippen molar-refractivity contribution in [1.29, 1.82) is 0 Å². The van der Waals surface area contributed by atoms with Crippen molar-refractivity contribution in [2.75, 3.05) is 12.9 Å². The molecule has 1 N–H and O–H groups in total. The van der Waals surface area contributed by atoms with Crippen LogP contribution in [-0.4, -0.2) is 37.9 Å². The zero-order chi connectivity index (χ0) is 21.8. The van der Waals surface area contributed by atoms with E-state index in [2.05, 4.69) is 22.1 Å². The minimum absolute atomic E-state index is 0.131. The summed E-state index contributed by atoms with van der Waals surface area (Å²) < 4.78 is 8.53. The number of carbonyl (C=O) groups is 1. The summed E-state index contributed by atoms with van der Waals surface area (Å²) in [5, 5.41) is 12.4. The molecule has 0 aliphatic rings. The number of hydrogen-bond donors (Lipinski definition) is 1. The summed E-state index contributed by atoms with van der Waals surface area (Å²) in [6.07, 6.45) is 1.64. The minimum Gasteiger partial charge on any atom is -0.497 e. The topological polar surface area (TPSA) is 90.5 Å². The lowest BCUT2D eigenvalue weighted by Gasteiger charge is -2.10. The van der Waals surface area contributed by atoms with E-state index in [0.29, 0.717) is 34.9 Å². The SMILES string of the molecule is C=CCn1c(=O)c2ccccc2n2c(SCC(=O)NCc3cccc(OC)c3)nnc12. The van der Waals surface area contributed by atoms with E-state index in [4.69, 9.17) is 4.74 Å². The molecule has 2 heterocycles. The Hall–Kier alpha value is -3.59. The van der Waals surface area contributed by atoms with E-state index in [0.717, 1.165) is 11.3 Å². The predicted octanol–water partition coefficient (Wildman–Crippen LogP) is 2.65. The van der Waals surface area contributed by atoms with Crippen molar-refractivity contribution in [2.24, 2.45) is 0 Å². The number of amides is 1. The van der Waals surface area contributed by atoms with Gasteiger partial charge in [0.2, 0.25) is 11.7 Å². The Morgan fingerprint density at radius 1 is 1.23 bits per heavy atom. The number of allylic oxidation sites excluding steroid dienone is 1. The highest BCUT2D eigenvalue weighted by Gasteiger charge is 2.17.